The summed E-state index contributed by atoms with van der Waals surface area (Å²) in [6.45, 7) is 2.72. The third-order valence-corrected chi connectivity index (χ3v) is 2.90. The average Bonchev–Trinajstić information content (AvgIpc) is 2.37. The van der Waals surface area contributed by atoms with Crippen LogP contribution in [0.25, 0.3) is 0 Å². The van der Waals surface area contributed by atoms with Gasteiger partial charge in [0, 0.05) is 18.6 Å². The second kappa shape index (κ2) is 5.89. The molecule has 0 fully saturated rings. The third kappa shape index (κ3) is 2.83. The zero-order valence-corrected chi connectivity index (χ0v) is 10.7. The molecule has 1 N–H and O–H groups in total. The van der Waals surface area contributed by atoms with Gasteiger partial charge in [-0.1, -0.05) is 18.5 Å². The summed E-state index contributed by atoms with van der Waals surface area (Å²) in [6, 6.07) is 3.09. The molecule has 1 unspecified atom stereocenters. The molecule has 2 aromatic heterocycles. The maximum Gasteiger partial charge on any atom is 0.141 e. The van der Waals surface area contributed by atoms with Gasteiger partial charge in [-0.2, -0.15) is 0 Å². The molecule has 0 aliphatic heterocycles. The Kier molecular flexibility index (Phi) is 4.23. The Labute approximate surface area is 110 Å². The zero-order chi connectivity index (χ0) is 13.0. The number of pyridine rings is 2. The van der Waals surface area contributed by atoms with Gasteiger partial charge >= 0.3 is 0 Å². The molecule has 0 aliphatic carbocycles. The summed E-state index contributed by atoms with van der Waals surface area (Å²) in [5.74, 6) is -0.361. The second-order valence-electron chi connectivity index (χ2n) is 3.82. The predicted molar refractivity (Wildman–Crippen MR) is 69.0 cm³/mol. The Morgan fingerprint density at radius 1 is 1.33 bits per heavy atom. The molecule has 2 rings (SSSR count). The van der Waals surface area contributed by atoms with Crippen LogP contribution in [-0.2, 0) is 0 Å². The normalized spacial score (nSPS) is 12.4. The number of hydrogen-bond donors (Lipinski definition) is 1. The van der Waals surface area contributed by atoms with Crippen LogP contribution in [0.4, 0.5) is 4.39 Å². The lowest BCUT2D eigenvalue weighted by atomic mass is 10.0. The van der Waals surface area contributed by atoms with E-state index in [2.05, 4.69) is 15.3 Å². The molecule has 0 aliphatic rings. The van der Waals surface area contributed by atoms with Crippen LogP contribution in [0, 0.1) is 5.82 Å². The smallest absolute Gasteiger partial charge is 0.141 e. The standard InChI is InChI=1S/C13H13ClFN3/c1-2-18-13(9-5-10(15)7-17-6-9)11-3-4-16-8-12(11)14/h3-8,13,18H,2H2,1H3. The average molecular weight is 266 g/mol. The van der Waals surface area contributed by atoms with Crippen LogP contribution in [0.3, 0.4) is 0 Å². The largest absolute Gasteiger partial charge is 0.306 e. The van der Waals surface area contributed by atoms with Crippen molar-refractivity contribution in [1.82, 2.24) is 15.3 Å². The molecule has 0 saturated carbocycles. The van der Waals surface area contributed by atoms with E-state index < -0.39 is 0 Å². The van der Waals surface area contributed by atoms with Gasteiger partial charge in [0.05, 0.1) is 17.3 Å². The minimum absolute atomic E-state index is 0.186. The van der Waals surface area contributed by atoms with Crippen LogP contribution < -0.4 is 5.32 Å². The third-order valence-electron chi connectivity index (χ3n) is 2.58. The van der Waals surface area contributed by atoms with Gasteiger partial charge in [-0.05, 0) is 29.8 Å². The Hall–Kier alpha value is -1.52. The highest BCUT2D eigenvalue weighted by molar-refractivity contribution is 6.31. The van der Waals surface area contributed by atoms with E-state index in [0.29, 0.717) is 5.02 Å². The van der Waals surface area contributed by atoms with Gasteiger partial charge in [0.1, 0.15) is 5.82 Å². The van der Waals surface area contributed by atoms with Crippen molar-refractivity contribution in [1.29, 1.82) is 0 Å². The van der Waals surface area contributed by atoms with Crippen molar-refractivity contribution in [2.75, 3.05) is 6.54 Å². The van der Waals surface area contributed by atoms with E-state index in [1.54, 1.807) is 18.6 Å². The molecule has 5 heteroatoms. The van der Waals surface area contributed by atoms with Crippen LogP contribution in [-0.4, -0.2) is 16.5 Å². The number of halogens is 2. The highest BCUT2D eigenvalue weighted by Gasteiger charge is 2.16. The van der Waals surface area contributed by atoms with E-state index >= 15 is 0 Å². The van der Waals surface area contributed by atoms with Crippen molar-refractivity contribution in [3.63, 3.8) is 0 Å². The molecule has 3 nitrogen and oxygen atoms in total. The Balaban J connectivity index is 2.43. The molecule has 18 heavy (non-hydrogen) atoms. The molecule has 0 amide bonds. The molecule has 0 saturated heterocycles. The maximum atomic E-state index is 13.2. The van der Waals surface area contributed by atoms with Gasteiger partial charge in [-0.15, -0.1) is 0 Å². The first kappa shape index (κ1) is 12.9. The maximum absolute atomic E-state index is 13.2. The van der Waals surface area contributed by atoms with Crippen molar-refractivity contribution in [3.05, 3.63) is 58.9 Å². The molecule has 2 aromatic rings. The first-order valence-electron chi connectivity index (χ1n) is 5.65. The Morgan fingerprint density at radius 3 is 2.83 bits per heavy atom. The number of hydrogen-bond acceptors (Lipinski definition) is 3. The fourth-order valence-electron chi connectivity index (χ4n) is 1.82. The summed E-state index contributed by atoms with van der Waals surface area (Å²) in [5.41, 5.74) is 1.60. The number of nitrogens with one attached hydrogen (secondary N) is 1. The monoisotopic (exact) mass is 265 g/mol. The van der Waals surface area contributed by atoms with Gasteiger partial charge in [-0.3, -0.25) is 9.97 Å². The van der Waals surface area contributed by atoms with Gasteiger partial charge in [0.2, 0.25) is 0 Å². The van der Waals surface area contributed by atoms with Gasteiger partial charge in [-0.25, -0.2) is 4.39 Å². The molecular formula is C13H13ClFN3. The number of aromatic nitrogens is 2. The molecule has 94 valence electrons. The quantitative estimate of drug-likeness (QED) is 0.924. The van der Waals surface area contributed by atoms with Crippen LogP contribution in [0.5, 0.6) is 0 Å². The highest BCUT2D eigenvalue weighted by Crippen LogP contribution is 2.27. The van der Waals surface area contributed by atoms with Gasteiger partial charge < -0.3 is 5.32 Å². The molecule has 2 heterocycles. The van der Waals surface area contributed by atoms with Crippen molar-refractivity contribution >= 4 is 11.6 Å². The summed E-state index contributed by atoms with van der Waals surface area (Å²) in [4.78, 5) is 7.82. The lowest BCUT2D eigenvalue weighted by molar-refractivity contribution is 0.596. The molecule has 0 radical (unpaired) electrons. The fourth-order valence-corrected chi connectivity index (χ4v) is 2.05. The van der Waals surface area contributed by atoms with E-state index in [1.165, 1.54) is 12.3 Å². The lowest BCUT2D eigenvalue weighted by Crippen LogP contribution is -2.22. The zero-order valence-electron chi connectivity index (χ0n) is 9.90. The molecule has 0 bridgehead atoms. The van der Waals surface area contributed by atoms with Crippen LogP contribution >= 0.6 is 11.6 Å². The molecular weight excluding hydrogens is 253 g/mol. The summed E-state index contributed by atoms with van der Waals surface area (Å²) < 4.78 is 13.2. The summed E-state index contributed by atoms with van der Waals surface area (Å²) in [6.07, 6.45) is 6.06. The van der Waals surface area contributed by atoms with E-state index in [1.807, 2.05) is 13.0 Å². The molecule has 1 atom stereocenters. The van der Waals surface area contributed by atoms with Gasteiger partial charge in [0.15, 0.2) is 0 Å². The predicted octanol–water partition coefficient (Wildman–Crippen LogP) is 2.97. The number of nitrogens with zero attached hydrogens (tertiary/aromatic N) is 2. The first-order chi connectivity index (χ1) is 8.72. The van der Waals surface area contributed by atoms with Gasteiger partial charge in [0.25, 0.3) is 0 Å². The first-order valence-corrected chi connectivity index (χ1v) is 6.03. The van der Waals surface area contributed by atoms with Crippen molar-refractivity contribution in [2.24, 2.45) is 0 Å². The minimum Gasteiger partial charge on any atom is -0.306 e. The van der Waals surface area contributed by atoms with Crippen molar-refractivity contribution < 1.29 is 4.39 Å². The summed E-state index contributed by atoms with van der Waals surface area (Å²) in [5, 5.41) is 3.81. The highest BCUT2D eigenvalue weighted by atomic mass is 35.5. The molecule has 0 spiro atoms. The van der Waals surface area contributed by atoms with E-state index in [4.69, 9.17) is 11.6 Å². The van der Waals surface area contributed by atoms with Crippen LogP contribution in [0.1, 0.15) is 24.1 Å². The Bertz CT molecular complexity index is 533. The topological polar surface area (TPSA) is 37.8 Å². The minimum atomic E-state index is -0.361. The van der Waals surface area contributed by atoms with E-state index in [0.717, 1.165) is 17.7 Å². The summed E-state index contributed by atoms with van der Waals surface area (Å²) in [7, 11) is 0. The number of rotatable bonds is 4. The van der Waals surface area contributed by atoms with Crippen LogP contribution in [0.2, 0.25) is 5.02 Å². The Morgan fingerprint density at radius 2 is 2.17 bits per heavy atom. The van der Waals surface area contributed by atoms with E-state index in [-0.39, 0.29) is 11.9 Å². The van der Waals surface area contributed by atoms with Crippen LogP contribution in [0.15, 0.2) is 36.9 Å². The lowest BCUT2D eigenvalue weighted by Gasteiger charge is -2.19. The summed E-state index contributed by atoms with van der Waals surface area (Å²) >= 11 is 6.13. The van der Waals surface area contributed by atoms with Crippen molar-refractivity contribution in [2.45, 2.75) is 13.0 Å². The van der Waals surface area contributed by atoms with E-state index in [9.17, 15) is 4.39 Å². The fraction of sp³-hybridized carbons (Fsp3) is 0.231. The SMILES string of the molecule is CCNC(c1cncc(F)c1)c1ccncc1Cl. The van der Waals surface area contributed by atoms with Crippen molar-refractivity contribution in [3.8, 4) is 0 Å². The second-order valence-corrected chi connectivity index (χ2v) is 4.23. The molecule has 0 aromatic carbocycles.